The lowest BCUT2D eigenvalue weighted by Crippen LogP contribution is -2.04. The Morgan fingerprint density at radius 3 is 2.40 bits per heavy atom. The highest BCUT2D eigenvalue weighted by Gasteiger charge is 2.06. The molecule has 0 saturated carbocycles. The maximum absolute atomic E-state index is 5.74. The molecule has 2 aromatic rings. The molecule has 0 bridgehead atoms. The molecular weight excluding hydrogens is 192 g/mol. The van der Waals surface area contributed by atoms with E-state index in [4.69, 9.17) is 16.0 Å². The number of anilines is 1. The Kier molecular flexibility index (Phi) is 2.39. The van der Waals surface area contributed by atoms with Crippen LogP contribution in [-0.4, -0.2) is 10.1 Å². The van der Waals surface area contributed by atoms with Crippen molar-refractivity contribution in [3.05, 3.63) is 29.8 Å². The third kappa shape index (κ3) is 1.97. The summed E-state index contributed by atoms with van der Waals surface area (Å²) in [5, 5.41) is 3.52. The van der Waals surface area contributed by atoms with Gasteiger partial charge >= 0.3 is 0 Å². The molecule has 0 aliphatic carbocycles. The summed E-state index contributed by atoms with van der Waals surface area (Å²) in [6.45, 7) is 1.93. The zero-order valence-corrected chi connectivity index (χ0v) is 8.34. The minimum absolute atomic E-state index is 0.0202. The van der Waals surface area contributed by atoms with E-state index in [9.17, 15) is 0 Å². The Bertz CT molecular complexity index is 447. The molecule has 1 heterocycles. The summed E-state index contributed by atoms with van der Waals surface area (Å²) in [5.74, 6) is 0.560. The van der Waals surface area contributed by atoms with E-state index < -0.39 is 0 Å². The SMILES string of the molecule is CC(N)c1ccc(-c2nc(N)no2)cc1. The highest BCUT2D eigenvalue weighted by Crippen LogP contribution is 2.19. The molecule has 1 aromatic heterocycles. The lowest BCUT2D eigenvalue weighted by molar-refractivity contribution is 0.433. The first-order valence-corrected chi connectivity index (χ1v) is 4.62. The lowest BCUT2D eigenvalue weighted by atomic mass is 10.1. The quantitative estimate of drug-likeness (QED) is 0.770. The van der Waals surface area contributed by atoms with Gasteiger partial charge in [-0.05, 0) is 29.8 Å². The second-order valence-electron chi connectivity index (χ2n) is 3.37. The summed E-state index contributed by atoms with van der Waals surface area (Å²) < 4.78 is 4.93. The number of nitrogens with zero attached hydrogens (tertiary/aromatic N) is 2. The summed E-state index contributed by atoms with van der Waals surface area (Å²) in [6.07, 6.45) is 0. The number of hydrogen-bond acceptors (Lipinski definition) is 5. The Hall–Kier alpha value is -1.88. The second kappa shape index (κ2) is 3.70. The van der Waals surface area contributed by atoms with E-state index in [0.717, 1.165) is 11.1 Å². The van der Waals surface area contributed by atoms with Crippen molar-refractivity contribution < 1.29 is 4.52 Å². The van der Waals surface area contributed by atoms with Gasteiger partial charge in [-0.3, -0.25) is 0 Å². The average Bonchev–Trinajstić information content (AvgIpc) is 2.65. The van der Waals surface area contributed by atoms with E-state index >= 15 is 0 Å². The van der Waals surface area contributed by atoms with E-state index in [0.29, 0.717) is 5.89 Å². The van der Waals surface area contributed by atoms with Gasteiger partial charge in [0, 0.05) is 11.6 Å². The van der Waals surface area contributed by atoms with Crippen molar-refractivity contribution in [3.63, 3.8) is 0 Å². The predicted octanol–water partition coefficient (Wildman–Crippen LogP) is 1.34. The number of benzene rings is 1. The Balaban J connectivity index is 2.31. The van der Waals surface area contributed by atoms with Gasteiger partial charge in [0.1, 0.15) is 0 Å². The van der Waals surface area contributed by atoms with Gasteiger partial charge in [0.05, 0.1) is 0 Å². The monoisotopic (exact) mass is 204 g/mol. The van der Waals surface area contributed by atoms with Gasteiger partial charge in [-0.15, -0.1) is 0 Å². The van der Waals surface area contributed by atoms with Gasteiger partial charge < -0.3 is 16.0 Å². The molecule has 0 aliphatic heterocycles. The normalized spacial score (nSPS) is 12.7. The van der Waals surface area contributed by atoms with E-state index in [1.54, 1.807) is 0 Å². The van der Waals surface area contributed by atoms with Crippen molar-refractivity contribution in [2.75, 3.05) is 5.73 Å². The molecule has 0 radical (unpaired) electrons. The molecule has 1 aromatic carbocycles. The average molecular weight is 204 g/mol. The molecule has 0 aliphatic rings. The number of nitrogens with two attached hydrogens (primary N) is 2. The number of hydrogen-bond donors (Lipinski definition) is 2. The van der Waals surface area contributed by atoms with Gasteiger partial charge in [0.15, 0.2) is 0 Å². The van der Waals surface area contributed by atoms with E-state index in [2.05, 4.69) is 10.1 Å². The molecule has 0 spiro atoms. The van der Waals surface area contributed by atoms with Crippen LogP contribution < -0.4 is 11.5 Å². The van der Waals surface area contributed by atoms with Gasteiger partial charge in [0.2, 0.25) is 0 Å². The van der Waals surface area contributed by atoms with Crippen LogP contribution in [0.5, 0.6) is 0 Å². The van der Waals surface area contributed by atoms with Gasteiger partial charge in [-0.25, -0.2) is 0 Å². The van der Waals surface area contributed by atoms with Crippen LogP contribution in [0.25, 0.3) is 11.5 Å². The van der Waals surface area contributed by atoms with E-state index in [-0.39, 0.29) is 12.0 Å². The van der Waals surface area contributed by atoms with Gasteiger partial charge in [-0.2, -0.15) is 4.98 Å². The van der Waals surface area contributed by atoms with Crippen LogP contribution in [0.4, 0.5) is 5.95 Å². The molecule has 0 fully saturated rings. The van der Waals surface area contributed by atoms with Crippen molar-refractivity contribution in [2.24, 2.45) is 5.73 Å². The molecule has 1 unspecified atom stereocenters. The standard InChI is InChI=1S/C10H12N4O/c1-6(11)7-2-4-8(5-3-7)9-13-10(12)14-15-9/h2-6H,11H2,1H3,(H2,12,14). The third-order valence-electron chi connectivity index (χ3n) is 2.13. The maximum Gasteiger partial charge on any atom is 0.261 e. The predicted molar refractivity (Wildman–Crippen MR) is 56.7 cm³/mol. The largest absolute Gasteiger partial charge is 0.365 e. The van der Waals surface area contributed by atoms with Crippen LogP contribution in [0.1, 0.15) is 18.5 Å². The highest BCUT2D eigenvalue weighted by atomic mass is 16.5. The number of nitrogen functional groups attached to an aromatic ring is 1. The molecule has 78 valence electrons. The molecule has 0 amide bonds. The fourth-order valence-electron chi connectivity index (χ4n) is 1.28. The van der Waals surface area contributed by atoms with Crippen molar-refractivity contribution >= 4 is 5.95 Å². The van der Waals surface area contributed by atoms with Crippen molar-refractivity contribution in [1.29, 1.82) is 0 Å². The summed E-state index contributed by atoms with van der Waals surface area (Å²) >= 11 is 0. The van der Waals surface area contributed by atoms with Crippen molar-refractivity contribution in [1.82, 2.24) is 10.1 Å². The fourth-order valence-corrected chi connectivity index (χ4v) is 1.28. The first-order chi connectivity index (χ1) is 7.16. The second-order valence-corrected chi connectivity index (χ2v) is 3.37. The molecule has 5 nitrogen and oxygen atoms in total. The Labute approximate surface area is 87.1 Å². The van der Waals surface area contributed by atoms with Crippen LogP contribution in [-0.2, 0) is 0 Å². The molecule has 4 N–H and O–H groups in total. The smallest absolute Gasteiger partial charge is 0.261 e. The molecule has 1 atom stereocenters. The molecular formula is C10H12N4O. The maximum atomic E-state index is 5.74. The molecule has 5 heteroatoms. The van der Waals surface area contributed by atoms with Crippen LogP contribution in [0.2, 0.25) is 0 Å². The third-order valence-corrected chi connectivity index (χ3v) is 2.13. The highest BCUT2D eigenvalue weighted by molar-refractivity contribution is 5.54. The van der Waals surface area contributed by atoms with Gasteiger partial charge in [-0.1, -0.05) is 12.1 Å². The Morgan fingerprint density at radius 1 is 1.27 bits per heavy atom. The van der Waals surface area contributed by atoms with Crippen LogP contribution >= 0.6 is 0 Å². The zero-order chi connectivity index (χ0) is 10.8. The molecule has 15 heavy (non-hydrogen) atoms. The van der Waals surface area contributed by atoms with Crippen LogP contribution in [0, 0.1) is 0 Å². The minimum atomic E-state index is 0.0202. The van der Waals surface area contributed by atoms with Crippen LogP contribution in [0.15, 0.2) is 28.8 Å². The number of rotatable bonds is 2. The summed E-state index contributed by atoms with van der Waals surface area (Å²) in [7, 11) is 0. The summed E-state index contributed by atoms with van der Waals surface area (Å²) in [6, 6.07) is 7.64. The zero-order valence-electron chi connectivity index (χ0n) is 8.34. The summed E-state index contributed by atoms with van der Waals surface area (Å²) in [4.78, 5) is 3.92. The van der Waals surface area contributed by atoms with E-state index in [1.807, 2.05) is 31.2 Å². The lowest BCUT2D eigenvalue weighted by Gasteiger charge is -2.04. The topological polar surface area (TPSA) is 91.0 Å². The molecule has 0 saturated heterocycles. The van der Waals surface area contributed by atoms with E-state index in [1.165, 1.54) is 0 Å². The minimum Gasteiger partial charge on any atom is -0.365 e. The summed E-state index contributed by atoms with van der Waals surface area (Å²) in [5.41, 5.74) is 13.0. The molecule has 2 rings (SSSR count). The Morgan fingerprint density at radius 2 is 1.93 bits per heavy atom. The van der Waals surface area contributed by atoms with Crippen molar-refractivity contribution in [2.45, 2.75) is 13.0 Å². The first kappa shape index (κ1) is 9.67. The van der Waals surface area contributed by atoms with Gasteiger partial charge in [0.25, 0.3) is 11.8 Å². The van der Waals surface area contributed by atoms with Crippen molar-refractivity contribution in [3.8, 4) is 11.5 Å². The van der Waals surface area contributed by atoms with Crippen LogP contribution in [0.3, 0.4) is 0 Å². The fraction of sp³-hybridized carbons (Fsp3) is 0.200. The number of aromatic nitrogens is 2. The first-order valence-electron chi connectivity index (χ1n) is 4.62.